The number of nitrogens with one attached hydrogen (secondary N) is 2. The molecule has 0 saturated carbocycles. The quantitative estimate of drug-likeness (QED) is 0.699. The van der Waals surface area contributed by atoms with Gasteiger partial charge in [-0.3, -0.25) is 4.79 Å². The van der Waals surface area contributed by atoms with Gasteiger partial charge in [0.1, 0.15) is 23.2 Å². The van der Waals surface area contributed by atoms with Gasteiger partial charge in [-0.2, -0.15) is 0 Å². The Morgan fingerprint density at radius 2 is 1.88 bits per heavy atom. The number of benzene rings is 1. The second-order valence-corrected chi connectivity index (χ2v) is 4.95. The number of aromatic nitrogens is 3. The van der Waals surface area contributed by atoms with Crippen LogP contribution >= 0.6 is 0 Å². The highest BCUT2D eigenvalue weighted by Gasteiger charge is 2.19. The van der Waals surface area contributed by atoms with Gasteiger partial charge in [0, 0.05) is 12.7 Å². The molecule has 0 atom stereocenters. The highest BCUT2D eigenvalue weighted by atomic mass is 19.1. The third-order valence-corrected chi connectivity index (χ3v) is 3.45. The van der Waals surface area contributed by atoms with E-state index in [1.54, 1.807) is 12.1 Å². The Bertz CT molecular complexity index is 906. The summed E-state index contributed by atoms with van der Waals surface area (Å²) < 4.78 is 17.5. The molecular formula is C18H19FN4O3. The Morgan fingerprint density at radius 1 is 1.19 bits per heavy atom. The molecule has 2 heterocycles. The fourth-order valence-electron chi connectivity index (χ4n) is 2.25. The lowest BCUT2D eigenvalue weighted by atomic mass is 10.2. The first-order valence-electron chi connectivity index (χ1n) is 8.03. The van der Waals surface area contributed by atoms with E-state index in [1.165, 1.54) is 31.8 Å². The van der Waals surface area contributed by atoms with E-state index in [0.717, 1.165) is 5.56 Å². The molecular weight excluding hydrogens is 339 g/mol. The molecule has 0 radical (unpaired) electrons. The van der Waals surface area contributed by atoms with E-state index in [4.69, 9.17) is 0 Å². The summed E-state index contributed by atoms with van der Waals surface area (Å²) in [6.45, 7) is 4.22. The highest BCUT2D eigenvalue weighted by molar-refractivity contribution is 6.08. The van der Waals surface area contributed by atoms with Crippen molar-refractivity contribution >= 4 is 22.9 Å². The van der Waals surface area contributed by atoms with Gasteiger partial charge in [0.15, 0.2) is 5.69 Å². The molecule has 3 aromatic rings. The van der Waals surface area contributed by atoms with E-state index in [1.807, 2.05) is 13.8 Å². The number of hydrogen-bond donors (Lipinski definition) is 2. The summed E-state index contributed by atoms with van der Waals surface area (Å²) in [6.07, 6.45) is 2.62. The molecule has 0 spiro atoms. The third kappa shape index (κ3) is 4.02. The number of fused-ring (bicyclic) bond motifs is 1. The van der Waals surface area contributed by atoms with Crippen molar-refractivity contribution in [2.45, 2.75) is 20.4 Å². The van der Waals surface area contributed by atoms with E-state index < -0.39 is 11.9 Å². The predicted octanol–water partition coefficient (Wildman–Crippen LogP) is 2.84. The molecule has 2 N–H and O–H groups in total. The Hall–Kier alpha value is -3.29. The molecule has 7 nitrogen and oxygen atoms in total. The zero-order valence-corrected chi connectivity index (χ0v) is 14.7. The number of H-pyrrole nitrogens is 1. The lowest BCUT2D eigenvalue weighted by Crippen LogP contribution is -2.24. The molecule has 0 aliphatic rings. The lowest BCUT2D eigenvalue weighted by Gasteiger charge is -2.05. The Balaban J connectivity index is 0.00000117. The second-order valence-electron chi connectivity index (χ2n) is 4.95. The molecule has 2 aromatic heterocycles. The Kier molecular flexibility index (Phi) is 6.37. The molecule has 0 fully saturated rings. The predicted molar refractivity (Wildman–Crippen MR) is 94.1 cm³/mol. The summed E-state index contributed by atoms with van der Waals surface area (Å²) in [7, 11) is 1.26. The number of nitrogens with zero attached hydrogens (tertiary/aromatic N) is 2. The van der Waals surface area contributed by atoms with Crippen LogP contribution in [0.4, 0.5) is 4.39 Å². The van der Waals surface area contributed by atoms with Gasteiger partial charge in [-0.1, -0.05) is 26.0 Å². The van der Waals surface area contributed by atoms with E-state index in [2.05, 4.69) is 25.0 Å². The van der Waals surface area contributed by atoms with Crippen LogP contribution in [0.3, 0.4) is 0 Å². The third-order valence-electron chi connectivity index (χ3n) is 3.45. The van der Waals surface area contributed by atoms with Crippen molar-refractivity contribution in [3.05, 3.63) is 59.4 Å². The summed E-state index contributed by atoms with van der Waals surface area (Å²) in [5.74, 6) is -1.34. The number of hydrogen-bond acceptors (Lipinski definition) is 5. The van der Waals surface area contributed by atoms with Crippen LogP contribution in [0, 0.1) is 5.82 Å². The van der Waals surface area contributed by atoms with Gasteiger partial charge in [0.05, 0.1) is 12.6 Å². The minimum Gasteiger partial charge on any atom is -0.465 e. The molecule has 1 aromatic carbocycles. The summed E-state index contributed by atoms with van der Waals surface area (Å²) in [4.78, 5) is 34.8. The van der Waals surface area contributed by atoms with Crippen molar-refractivity contribution in [1.29, 1.82) is 0 Å². The summed E-state index contributed by atoms with van der Waals surface area (Å²) >= 11 is 0. The molecule has 0 unspecified atom stereocenters. The van der Waals surface area contributed by atoms with Crippen LogP contribution in [0.2, 0.25) is 0 Å². The number of ether oxygens (including phenoxy) is 1. The topological polar surface area (TPSA) is 97.0 Å². The van der Waals surface area contributed by atoms with Crippen molar-refractivity contribution in [1.82, 2.24) is 20.3 Å². The van der Waals surface area contributed by atoms with Crippen LogP contribution in [0.5, 0.6) is 0 Å². The second kappa shape index (κ2) is 8.70. The minimum atomic E-state index is -0.558. The maximum Gasteiger partial charge on any atom is 0.341 e. The molecule has 26 heavy (non-hydrogen) atoms. The number of methoxy groups -OCH3 is 1. The fraction of sp³-hybridized carbons (Fsp3) is 0.222. The number of aromatic amines is 1. The van der Waals surface area contributed by atoms with Crippen LogP contribution in [0.25, 0.3) is 11.0 Å². The van der Waals surface area contributed by atoms with Crippen molar-refractivity contribution in [3.63, 3.8) is 0 Å². The van der Waals surface area contributed by atoms with Crippen molar-refractivity contribution in [2.24, 2.45) is 0 Å². The van der Waals surface area contributed by atoms with Crippen LogP contribution < -0.4 is 5.32 Å². The highest BCUT2D eigenvalue weighted by Crippen LogP contribution is 2.18. The lowest BCUT2D eigenvalue weighted by molar-refractivity contribution is 0.0602. The van der Waals surface area contributed by atoms with Crippen LogP contribution in [0.15, 0.2) is 36.8 Å². The van der Waals surface area contributed by atoms with Gasteiger partial charge >= 0.3 is 5.97 Å². The van der Waals surface area contributed by atoms with E-state index in [0.29, 0.717) is 11.0 Å². The Morgan fingerprint density at radius 3 is 2.54 bits per heavy atom. The molecule has 8 heteroatoms. The van der Waals surface area contributed by atoms with E-state index in [9.17, 15) is 14.0 Å². The number of halogens is 1. The number of amides is 1. The van der Waals surface area contributed by atoms with E-state index in [-0.39, 0.29) is 23.6 Å². The van der Waals surface area contributed by atoms with Crippen molar-refractivity contribution in [3.8, 4) is 0 Å². The Labute approximate surface area is 149 Å². The normalized spacial score (nSPS) is 10.0. The molecule has 0 aliphatic heterocycles. The SMILES string of the molecule is CC.COC(=O)c1c[nH]c2c(C(=O)NCc3ccc(F)cc3)ncnc12. The minimum absolute atomic E-state index is 0.109. The fourth-order valence-corrected chi connectivity index (χ4v) is 2.25. The largest absolute Gasteiger partial charge is 0.465 e. The average molecular weight is 358 g/mol. The van der Waals surface area contributed by atoms with Crippen LogP contribution in [0.1, 0.15) is 40.3 Å². The van der Waals surface area contributed by atoms with Crippen molar-refractivity contribution in [2.75, 3.05) is 7.11 Å². The zero-order chi connectivity index (χ0) is 19.1. The average Bonchev–Trinajstić information content (AvgIpc) is 3.12. The monoisotopic (exact) mass is 358 g/mol. The van der Waals surface area contributed by atoms with Crippen LogP contribution in [-0.2, 0) is 11.3 Å². The standard InChI is InChI=1S/C16H13FN4O3.C2H6/c1-24-16(23)11-7-18-13-12(11)20-8-21-14(13)15(22)19-6-9-2-4-10(17)5-3-9;1-2/h2-5,7-8,18H,6H2,1H3,(H,19,22);1-2H3. The molecule has 0 aliphatic carbocycles. The maximum atomic E-state index is 12.9. The van der Waals surface area contributed by atoms with Gasteiger partial charge < -0.3 is 15.0 Å². The zero-order valence-electron chi connectivity index (χ0n) is 14.7. The first-order valence-corrected chi connectivity index (χ1v) is 8.03. The van der Waals surface area contributed by atoms with Gasteiger partial charge in [-0.25, -0.2) is 19.2 Å². The van der Waals surface area contributed by atoms with Crippen LogP contribution in [-0.4, -0.2) is 33.9 Å². The van der Waals surface area contributed by atoms with Gasteiger partial charge in [-0.05, 0) is 17.7 Å². The summed E-state index contributed by atoms with van der Waals surface area (Å²) in [5, 5.41) is 2.69. The van der Waals surface area contributed by atoms with Gasteiger partial charge in [0.2, 0.25) is 0 Å². The van der Waals surface area contributed by atoms with Gasteiger partial charge in [0.25, 0.3) is 5.91 Å². The summed E-state index contributed by atoms with van der Waals surface area (Å²) in [5.41, 5.74) is 1.73. The molecule has 0 bridgehead atoms. The number of carbonyl (C=O) groups is 2. The first-order chi connectivity index (χ1) is 12.6. The van der Waals surface area contributed by atoms with Crippen molar-refractivity contribution < 1.29 is 18.7 Å². The van der Waals surface area contributed by atoms with E-state index >= 15 is 0 Å². The molecule has 3 rings (SSSR count). The number of esters is 1. The number of carbonyl (C=O) groups excluding carboxylic acids is 2. The summed E-state index contributed by atoms with van der Waals surface area (Å²) in [6, 6.07) is 5.79. The maximum absolute atomic E-state index is 12.9. The molecule has 1 amide bonds. The molecule has 136 valence electrons. The first kappa shape index (κ1) is 19.0. The van der Waals surface area contributed by atoms with Gasteiger partial charge in [-0.15, -0.1) is 0 Å². The number of rotatable bonds is 4. The molecule has 0 saturated heterocycles. The smallest absolute Gasteiger partial charge is 0.341 e.